The van der Waals surface area contributed by atoms with Crippen molar-refractivity contribution in [2.75, 3.05) is 34.4 Å². The Hall–Kier alpha value is -2.24. The standard InChI is InChI=1S/C19H29NO5/c1-14(2)12-18(21)20(11-9-19(22)25-5)10-8-15-6-7-16(23-3)17(13-15)24-4/h6-7,13-14H,8-12H2,1-5H3. The molecule has 0 fully saturated rings. The first kappa shape index (κ1) is 20.8. The molecule has 1 aromatic rings. The summed E-state index contributed by atoms with van der Waals surface area (Å²) in [6.07, 6.45) is 1.34. The van der Waals surface area contributed by atoms with Gasteiger partial charge >= 0.3 is 5.97 Å². The molecule has 0 saturated heterocycles. The second-order valence-corrected chi connectivity index (χ2v) is 6.24. The Morgan fingerprint density at radius 3 is 2.28 bits per heavy atom. The summed E-state index contributed by atoms with van der Waals surface area (Å²) >= 11 is 0. The molecule has 0 aliphatic carbocycles. The summed E-state index contributed by atoms with van der Waals surface area (Å²) in [5, 5.41) is 0. The smallest absolute Gasteiger partial charge is 0.307 e. The number of nitrogens with zero attached hydrogens (tertiary/aromatic N) is 1. The van der Waals surface area contributed by atoms with Crippen LogP contribution in [0.4, 0.5) is 0 Å². The minimum atomic E-state index is -0.312. The highest BCUT2D eigenvalue weighted by atomic mass is 16.5. The highest BCUT2D eigenvalue weighted by Gasteiger charge is 2.17. The van der Waals surface area contributed by atoms with Crippen LogP contribution in [-0.2, 0) is 20.7 Å². The van der Waals surface area contributed by atoms with Crippen LogP contribution in [0.5, 0.6) is 11.5 Å². The Bertz CT molecular complexity index is 571. The van der Waals surface area contributed by atoms with Gasteiger partial charge in [0, 0.05) is 19.5 Å². The maximum absolute atomic E-state index is 12.4. The zero-order valence-electron chi connectivity index (χ0n) is 15.8. The summed E-state index contributed by atoms with van der Waals surface area (Å²) in [5.74, 6) is 1.35. The molecule has 0 heterocycles. The van der Waals surface area contributed by atoms with E-state index < -0.39 is 0 Å². The van der Waals surface area contributed by atoms with Crippen molar-refractivity contribution in [2.45, 2.75) is 33.1 Å². The van der Waals surface area contributed by atoms with Crippen LogP contribution < -0.4 is 9.47 Å². The van der Waals surface area contributed by atoms with E-state index in [4.69, 9.17) is 9.47 Å². The van der Waals surface area contributed by atoms with Gasteiger partial charge in [0.15, 0.2) is 11.5 Å². The fraction of sp³-hybridized carbons (Fsp3) is 0.579. The molecule has 0 aliphatic heterocycles. The molecular formula is C19H29NO5. The first-order valence-corrected chi connectivity index (χ1v) is 8.46. The maximum atomic E-state index is 12.4. The summed E-state index contributed by atoms with van der Waals surface area (Å²) in [4.78, 5) is 25.6. The number of ether oxygens (including phenoxy) is 3. The van der Waals surface area contributed by atoms with Crippen LogP contribution in [0.3, 0.4) is 0 Å². The molecule has 25 heavy (non-hydrogen) atoms. The van der Waals surface area contributed by atoms with Gasteiger partial charge in [-0.1, -0.05) is 19.9 Å². The van der Waals surface area contributed by atoms with E-state index in [1.165, 1.54) is 7.11 Å². The zero-order valence-corrected chi connectivity index (χ0v) is 15.8. The van der Waals surface area contributed by atoms with E-state index in [-0.39, 0.29) is 24.2 Å². The molecule has 6 heteroatoms. The van der Waals surface area contributed by atoms with Crippen LogP contribution in [-0.4, -0.2) is 51.2 Å². The normalized spacial score (nSPS) is 10.5. The predicted octanol–water partition coefficient (Wildman–Crippen LogP) is 2.68. The Labute approximate surface area is 150 Å². The van der Waals surface area contributed by atoms with Gasteiger partial charge in [0.25, 0.3) is 0 Å². The number of carbonyl (C=O) groups is 2. The number of amides is 1. The lowest BCUT2D eigenvalue weighted by atomic mass is 10.1. The van der Waals surface area contributed by atoms with Crippen molar-refractivity contribution in [2.24, 2.45) is 5.92 Å². The molecule has 1 aromatic carbocycles. The molecule has 0 atom stereocenters. The first-order valence-electron chi connectivity index (χ1n) is 8.46. The van der Waals surface area contributed by atoms with Crippen LogP contribution in [0.2, 0.25) is 0 Å². The molecule has 0 N–H and O–H groups in total. The third-order valence-corrected chi connectivity index (χ3v) is 3.87. The maximum Gasteiger partial charge on any atom is 0.307 e. The molecular weight excluding hydrogens is 322 g/mol. The van der Waals surface area contributed by atoms with E-state index in [0.29, 0.717) is 37.4 Å². The van der Waals surface area contributed by atoms with Crippen LogP contribution >= 0.6 is 0 Å². The van der Waals surface area contributed by atoms with Crippen molar-refractivity contribution in [3.8, 4) is 11.5 Å². The van der Waals surface area contributed by atoms with Crippen LogP contribution in [0, 0.1) is 5.92 Å². The van der Waals surface area contributed by atoms with Gasteiger partial charge in [0.1, 0.15) is 0 Å². The molecule has 1 amide bonds. The minimum absolute atomic E-state index is 0.0550. The van der Waals surface area contributed by atoms with Gasteiger partial charge in [-0.15, -0.1) is 0 Å². The summed E-state index contributed by atoms with van der Waals surface area (Å²) in [7, 11) is 4.54. The monoisotopic (exact) mass is 351 g/mol. The van der Waals surface area contributed by atoms with Crippen molar-refractivity contribution in [3.63, 3.8) is 0 Å². The molecule has 0 aliphatic rings. The zero-order chi connectivity index (χ0) is 18.8. The van der Waals surface area contributed by atoms with Crippen molar-refractivity contribution in [3.05, 3.63) is 23.8 Å². The number of benzene rings is 1. The van der Waals surface area contributed by atoms with E-state index in [0.717, 1.165) is 5.56 Å². The second kappa shape index (κ2) is 10.6. The van der Waals surface area contributed by atoms with Gasteiger partial charge in [-0.25, -0.2) is 0 Å². The van der Waals surface area contributed by atoms with Gasteiger partial charge in [0.05, 0.1) is 27.8 Å². The fourth-order valence-electron chi connectivity index (χ4n) is 2.47. The highest BCUT2D eigenvalue weighted by molar-refractivity contribution is 5.77. The lowest BCUT2D eigenvalue weighted by Crippen LogP contribution is -2.35. The highest BCUT2D eigenvalue weighted by Crippen LogP contribution is 2.27. The number of hydrogen-bond acceptors (Lipinski definition) is 5. The van der Waals surface area contributed by atoms with E-state index in [1.54, 1.807) is 19.1 Å². The molecule has 0 saturated carbocycles. The molecule has 1 rings (SSSR count). The molecule has 6 nitrogen and oxygen atoms in total. The summed E-state index contributed by atoms with van der Waals surface area (Å²) in [6.45, 7) is 4.92. The number of carbonyl (C=O) groups excluding carboxylic acids is 2. The van der Waals surface area contributed by atoms with Crippen LogP contribution in [0.1, 0.15) is 32.3 Å². The topological polar surface area (TPSA) is 65.1 Å². The number of hydrogen-bond donors (Lipinski definition) is 0. The van der Waals surface area contributed by atoms with Crippen LogP contribution in [0.15, 0.2) is 18.2 Å². The first-order chi connectivity index (χ1) is 11.9. The molecule has 0 radical (unpaired) electrons. The predicted molar refractivity (Wildman–Crippen MR) is 95.9 cm³/mol. The molecule has 0 spiro atoms. The Morgan fingerprint density at radius 1 is 1.04 bits per heavy atom. The van der Waals surface area contributed by atoms with Crippen molar-refractivity contribution in [1.82, 2.24) is 4.90 Å². The van der Waals surface area contributed by atoms with Crippen molar-refractivity contribution < 1.29 is 23.8 Å². The number of rotatable bonds is 10. The lowest BCUT2D eigenvalue weighted by molar-refractivity contribution is -0.141. The third kappa shape index (κ3) is 7.03. The average molecular weight is 351 g/mol. The lowest BCUT2D eigenvalue weighted by Gasteiger charge is -2.23. The summed E-state index contributed by atoms with van der Waals surface area (Å²) in [5.41, 5.74) is 1.04. The molecule has 0 bridgehead atoms. The van der Waals surface area contributed by atoms with Crippen LogP contribution in [0.25, 0.3) is 0 Å². The minimum Gasteiger partial charge on any atom is -0.493 e. The molecule has 0 aromatic heterocycles. The Morgan fingerprint density at radius 2 is 1.72 bits per heavy atom. The van der Waals surface area contributed by atoms with E-state index >= 15 is 0 Å². The van der Waals surface area contributed by atoms with Gasteiger partial charge < -0.3 is 19.1 Å². The van der Waals surface area contributed by atoms with Gasteiger partial charge in [0.2, 0.25) is 5.91 Å². The van der Waals surface area contributed by atoms with E-state index in [1.807, 2.05) is 32.0 Å². The largest absolute Gasteiger partial charge is 0.493 e. The average Bonchev–Trinajstić information content (AvgIpc) is 2.60. The molecule has 0 unspecified atom stereocenters. The fourth-order valence-corrected chi connectivity index (χ4v) is 2.47. The van der Waals surface area contributed by atoms with Crippen molar-refractivity contribution in [1.29, 1.82) is 0 Å². The second-order valence-electron chi connectivity index (χ2n) is 6.24. The van der Waals surface area contributed by atoms with E-state index in [2.05, 4.69) is 4.74 Å². The number of methoxy groups -OCH3 is 3. The molecule has 140 valence electrons. The SMILES string of the molecule is COC(=O)CCN(CCc1ccc(OC)c(OC)c1)C(=O)CC(C)C. The van der Waals surface area contributed by atoms with E-state index in [9.17, 15) is 9.59 Å². The third-order valence-electron chi connectivity index (χ3n) is 3.87. The Balaban J connectivity index is 2.76. The van der Waals surface area contributed by atoms with Crippen molar-refractivity contribution >= 4 is 11.9 Å². The Kier molecular flexibility index (Phi) is 8.81. The number of esters is 1. The quantitative estimate of drug-likeness (QED) is 0.607. The summed E-state index contributed by atoms with van der Waals surface area (Å²) in [6, 6.07) is 5.71. The summed E-state index contributed by atoms with van der Waals surface area (Å²) < 4.78 is 15.2. The van der Waals surface area contributed by atoms with Gasteiger partial charge in [-0.05, 0) is 30.0 Å². The van der Waals surface area contributed by atoms with Gasteiger partial charge in [-0.2, -0.15) is 0 Å². The van der Waals surface area contributed by atoms with Gasteiger partial charge in [-0.3, -0.25) is 9.59 Å².